The fraction of sp³-hybridized carbons (Fsp3) is 0.348. The van der Waals surface area contributed by atoms with Crippen LogP contribution in [0.3, 0.4) is 0 Å². The summed E-state index contributed by atoms with van der Waals surface area (Å²) in [6.07, 6.45) is 1.31. The molecule has 1 spiro atoms. The highest BCUT2D eigenvalue weighted by atomic mass is 19.1. The molecule has 0 saturated carbocycles. The molecule has 4 atom stereocenters. The maximum Gasteiger partial charge on any atom is 0.271 e. The summed E-state index contributed by atoms with van der Waals surface area (Å²) in [6.45, 7) is 0.488. The number of nitrogens with one attached hydrogen (secondary N) is 1. The summed E-state index contributed by atoms with van der Waals surface area (Å²) >= 11 is 0. The van der Waals surface area contributed by atoms with Crippen LogP contribution in [0.4, 0.5) is 21.5 Å². The number of carbonyl (C=O) groups excluding carboxylic acids is 3. The molecule has 0 radical (unpaired) electrons. The van der Waals surface area contributed by atoms with Gasteiger partial charge in [0, 0.05) is 29.4 Å². The molecule has 0 unspecified atom stereocenters. The maximum absolute atomic E-state index is 14.3. The molecule has 6 rings (SSSR count). The van der Waals surface area contributed by atoms with E-state index in [1.54, 1.807) is 0 Å². The minimum atomic E-state index is -1.53. The number of fused-ring (bicyclic) bond motifs is 7. The third kappa shape index (κ3) is 2.34. The lowest BCUT2D eigenvalue weighted by atomic mass is 9.75. The molecule has 4 heterocycles. The molecule has 0 bridgehead atoms. The molecule has 3 fully saturated rings. The second-order valence-corrected chi connectivity index (χ2v) is 8.94. The van der Waals surface area contributed by atoms with Crippen LogP contribution in [0.1, 0.15) is 18.4 Å². The minimum absolute atomic E-state index is 0.0429. The number of carbonyl (C=O) groups is 3. The Hall–Kier alpha value is -3.86. The molecular weight excluding hydrogens is 447 g/mol. The number of hydrogen-bond acceptors (Lipinski definition) is 7. The van der Waals surface area contributed by atoms with Gasteiger partial charge in [-0.1, -0.05) is 0 Å². The number of halogens is 1. The van der Waals surface area contributed by atoms with Gasteiger partial charge in [-0.3, -0.25) is 29.4 Å². The summed E-state index contributed by atoms with van der Waals surface area (Å²) in [5.74, 6) is -4.05. The largest absolute Gasteiger partial charge is 0.495 e. The predicted octanol–water partition coefficient (Wildman–Crippen LogP) is 2.17. The van der Waals surface area contributed by atoms with Gasteiger partial charge in [0.2, 0.25) is 17.7 Å². The van der Waals surface area contributed by atoms with Crippen molar-refractivity contribution in [2.75, 3.05) is 23.9 Å². The van der Waals surface area contributed by atoms with Gasteiger partial charge in [-0.15, -0.1) is 0 Å². The van der Waals surface area contributed by atoms with E-state index in [1.165, 1.54) is 37.4 Å². The van der Waals surface area contributed by atoms with Crippen molar-refractivity contribution in [3.05, 3.63) is 57.9 Å². The SMILES string of the molecule is COc1ccc([N+](=O)[O-])cc1N1C(=O)[C@@H]2[C@@H]3CCCN3[C@@]3(C(=O)Nc4ccc(F)cc43)[C@H]2C1=O. The van der Waals surface area contributed by atoms with E-state index in [9.17, 15) is 28.9 Å². The Morgan fingerprint density at radius 3 is 2.71 bits per heavy atom. The van der Waals surface area contributed by atoms with E-state index in [0.29, 0.717) is 24.2 Å². The lowest BCUT2D eigenvalue weighted by Gasteiger charge is -2.36. The van der Waals surface area contributed by atoms with Gasteiger partial charge in [-0.05, 0) is 43.7 Å². The predicted molar refractivity (Wildman–Crippen MR) is 116 cm³/mol. The molecular formula is C23H19FN4O6. The van der Waals surface area contributed by atoms with Crippen LogP contribution in [-0.4, -0.2) is 47.2 Å². The van der Waals surface area contributed by atoms with Crippen LogP contribution in [0.25, 0.3) is 0 Å². The number of imide groups is 1. The van der Waals surface area contributed by atoms with Crippen molar-refractivity contribution in [3.8, 4) is 5.75 Å². The van der Waals surface area contributed by atoms with Gasteiger partial charge < -0.3 is 10.1 Å². The lowest BCUT2D eigenvalue weighted by molar-refractivity contribution is -0.384. The number of benzene rings is 2. The Morgan fingerprint density at radius 2 is 1.97 bits per heavy atom. The molecule has 1 N–H and O–H groups in total. The molecule has 10 nitrogen and oxygen atoms in total. The van der Waals surface area contributed by atoms with E-state index in [2.05, 4.69) is 5.32 Å². The average molecular weight is 466 g/mol. The fourth-order valence-electron chi connectivity index (χ4n) is 6.38. The summed E-state index contributed by atoms with van der Waals surface area (Å²) in [7, 11) is 1.33. The maximum atomic E-state index is 14.3. The van der Waals surface area contributed by atoms with E-state index in [4.69, 9.17) is 4.74 Å². The first-order valence-electron chi connectivity index (χ1n) is 10.9. The van der Waals surface area contributed by atoms with E-state index < -0.39 is 51.9 Å². The van der Waals surface area contributed by atoms with Gasteiger partial charge >= 0.3 is 0 Å². The number of non-ortho nitro benzene ring substituents is 1. The fourth-order valence-corrected chi connectivity index (χ4v) is 6.38. The third-order valence-electron chi connectivity index (χ3n) is 7.57. The third-order valence-corrected chi connectivity index (χ3v) is 7.57. The second kappa shape index (κ2) is 6.83. The highest BCUT2D eigenvalue weighted by molar-refractivity contribution is 6.26. The highest BCUT2D eigenvalue weighted by Gasteiger charge is 2.74. The topological polar surface area (TPSA) is 122 Å². The normalized spacial score (nSPS) is 29.4. The van der Waals surface area contributed by atoms with Crippen molar-refractivity contribution < 1.29 is 28.4 Å². The first-order chi connectivity index (χ1) is 16.3. The molecule has 174 valence electrons. The van der Waals surface area contributed by atoms with Crippen LogP contribution >= 0.6 is 0 Å². The van der Waals surface area contributed by atoms with Crippen LogP contribution in [0.2, 0.25) is 0 Å². The number of methoxy groups -OCH3 is 1. The van der Waals surface area contributed by atoms with Gasteiger partial charge in [-0.25, -0.2) is 9.29 Å². The van der Waals surface area contributed by atoms with Crippen molar-refractivity contribution in [3.63, 3.8) is 0 Å². The van der Waals surface area contributed by atoms with Crippen molar-refractivity contribution >= 4 is 34.8 Å². The molecule has 4 aliphatic heterocycles. The first kappa shape index (κ1) is 20.7. The van der Waals surface area contributed by atoms with Crippen LogP contribution in [0, 0.1) is 27.8 Å². The summed E-state index contributed by atoms with van der Waals surface area (Å²) in [5, 5.41) is 14.1. The van der Waals surface area contributed by atoms with E-state index >= 15 is 0 Å². The van der Waals surface area contributed by atoms with Gasteiger partial charge in [0.1, 0.15) is 22.8 Å². The Labute approximate surface area is 192 Å². The highest BCUT2D eigenvalue weighted by Crippen LogP contribution is 2.61. The van der Waals surface area contributed by atoms with Crippen molar-refractivity contribution in [2.45, 2.75) is 24.4 Å². The number of nitrogens with zero attached hydrogens (tertiary/aromatic N) is 3. The van der Waals surface area contributed by atoms with Crippen molar-refractivity contribution in [2.24, 2.45) is 11.8 Å². The van der Waals surface area contributed by atoms with Gasteiger partial charge in [0.05, 0.1) is 23.9 Å². The Bertz CT molecular complexity index is 1310. The molecule has 3 amide bonds. The zero-order chi connectivity index (χ0) is 23.9. The van der Waals surface area contributed by atoms with Gasteiger partial charge in [-0.2, -0.15) is 0 Å². The number of nitro benzene ring substituents is 1. The molecule has 0 aliphatic carbocycles. The number of ether oxygens (including phenoxy) is 1. The zero-order valence-corrected chi connectivity index (χ0v) is 18.0. The van der Waals surface area contributed by atoms with Crippen LogP contribution in [0.5, 0.6) is 5.75 Å². The quantitative estimate of drug-likeness (QED) is 0.418. The lowest BCUT2D eigenvalue weighted by Crippen LogP contribution is -2.54. The molecule has 2 aromatic carbocycles. The minimum Gasteiger partial charge on any atom is -0.495 e. The monoisotopic (exact) mass is 466 g/mol. The molecule has 11 heteroatoms. The van der Waals surface area contributed by atoms with E-state index in [1.807, 2.05) is 4.90 Å². The smallest absolute Gasteiger partial charge is 0.271 e. The molecule has 2 aromatic rings. The Kier molecular flexibility index (Phi) is 4.16. The molecule has 0 aromatic heterocycles. The molecule has 4 aliphatic rings. The number of hydrogen-bond donors (Lipinski definition) is 1. The van der Waals surface area contributed by atoms with E-state index in [-0.39, 0.29) is 17.1 Å². The van der Waals surface area contributed by atoms with Crippen LogP contribution in [0.15, 0.2) is 36.4 Å². The Balaban J connectivity index is 1.56. The summed E-state index contributed by atoms with van der Waals surface area (Å²) in [6, 6.07) is 7.21. The Morgan fingerprint density at radius 1 is 1.18 bits per heavy atom. The first-order valence-corrected chi connectivity index (χ1v) is 10.9. The van der Waals surface area contributed by atoms with E-state index in [0.717, 1.165) is 17.4 Å². The number of rotatable bonds is 3. The summed E-state index contributed by atoms with van der Waals surface area (Å²) in [5.41, 5.74) is -1.13. The van der Waals surface area contributed by atoms with Gasteiger partial charge in [0.15, 0.2) is 0 Å². The van der Waals surface area contributed by atoms with Crippen molar-refractivity contribution in [1.82, 2.24) is 4.90 Å². The van der Waals surface area contributed by atoms with Crippen molar-refractivity contribution in [1.29, 1.82) is 0 Å². The number of nitro groups is 1. The summed E-state index contributed by atoms with van der Waals surface area (Å²) < 4.78 is 19.6. The summed E-state index contributed by atoms with van der Waals surface area (Å²) in [4.78, 5) is 54.8. The molecule has 3 saturated heterocycles. The number of amides is 3. The number of anilines is 2. The second-order valence-electron chi connectivity index (χ2n) is 8.94. The van der Waals surface area contributed by atoms with Crippen LogP contribution < -0.4 is 15.0 Å². The molecule has 34 heavy (non-hydrogen) atoms. The van der Waals surface area contributed by atoms with Crippen LogP contribution in [-0.2, 0) is 19.9 Å². The van der Waals surface area contributed by atoms with Gasteiger partial charge in [0.25, 0.3) is 5.69 Å². The average Bonchev–Trinajstić information content (AvgIpc) is 3.52. The zero-order valence-electron chi connectivity index (χ0n) is 18.0. The standard InChI is InChI=1S/C23H19FN4O6/c1-34-17-7-5-12(28(32)33)10-16(17)27-20(29)18-15-3-2-8-26(15)23(19(18)21(27)30)13-9-11(24)4-6-14(13)25-22(23)31/h4-7,9-10,15,18-19H,2-3,8H2,1H3,(H,25,31)/t15-,18+,19+,23+/m0/s1.